The van der Waals surface area contributed by atoms with Crippen LogP contribution in [0.25, 0.3) is 0 Å². The molecule has 0 fully saturated rings. The van der Waals surface area contributed by atoms with Gasteiger partial charge in [-0.15, -0.1) is 0 Å². The van der Waals surface area contributed by atoms with Crippen molar-refractivity contribution >= 4 is 66.9 Å². The van der Waals surface area contributed by atoms with Crippen molar-refractivity contribution in [3.8, 4) is 0 Å². The summed E-state index contributed by atoms with van der Waals surface area (Å²) in [6.07, 6.45) is 0.0479. The van der Waals surface area contributed by atoms with Crippen LogP contribution in [0.1, 0.15) is 15.9 Å². The summed E-state index contributed by atoms with van der Waals surface area (Å²) >= 11 is 18.5. The molecule has 0 aliphatic rings. The highest BCUT2D eigenvalue weighted by Gasteiger charge is 2.22. The van der Waals surface area contributed by atoms with Crippen molar-refractivity contribution in [2.75, 3.05) is 0 Å². The van der Waals surface area contributed by atoms with Crippen molar-refractivity contribution in [3.63, 3.8) is 0 Å². The molecule has 0 heterocycles. The van der Waals surface area contributed by atoms with Crippen LogP contribution >= 0.6 is 55.1 Å². The van der Waals surface area contributed by atoms with Gasteiger partial charge >= 0.3 is 5.97 Å². The minimum Gasteiger partial charge on any atom is -0.480 e. The van der Waals surface area contributed by atoms with Gasteiger partial charge in [0, 0.05) is 31.0 Å². The molecule has 0 bridgehead atoms. The normalized spacial score (nSPS) is 11.8. The van der Waals surface area contributed by atoms with E-state index in [0.717, 1.165) is 0 Å². The smallest absolute Gasteiger partial charge is 0.326 e. The van der Waals surface area contributed by atoms with E-state index in [1.165, 1.54) is 6.07 Å². The van der Waals surface area contributed by atoms with Crippen molar-refractivity contribution in [2.24, 2.45) is 0 Å². The number of rotatable bonds is 5. The Morgan fingerprint density at radius 3 is 2.25 bits per heavy atom. The number of halogens is 4. The Morgan fingerprint density at radius 2 is 1.71 bits per heavy atom. The molecule has 126 valence electrons. The molecule has 0 aromatic heterocycles. The molecule has 0 aliphatic carbocycles. The van der Waals surface area contributed by atoms with Gasteiger partial charge in [0.2, 0.25) is 0 Å². The van der Waals surface area contributed by atoms with Gasteiger partial charge in [0.05, 0.1) is 0 Å². The number of aliphatic carboxylic acids is 1. The number of carbonyl (C=O) groups is 2. The lowest BCUT2D eigenvalue weighted by molar-refractivity contribution is -0.139. The second-order valence-electron chi connectivity index (χ2n) is 4.96. The number of hydrogen-bond acceptors (Lipinski definition) is 2. The van der Waals surface area contributed by atoms with E-state index in [4.69, 9.17) is 23.2 Å². The molecule has 0 aliphatic heterocycles. The van der Waals surface area contributed by atoms with E-state index in [1.54, 1.807) is 30.3 Å². The summed E-state index contributed by atoms with van der Waals surface area (Å²) in [6, 6.07) is 8.66. The maximum Gasteiger partial charge on any atom is 0.326 e. The Balaban J connectivity index is 2.19. The largest absolute Gasteiger partial charge is 0.480 e. The summed E-state index contributed by atoms with van der Waals surface area (Å²) < 4.78 is 1.41. The van der Waals surface area contributed by atoms with Gasteiger partial charge in [-0.25, -0.2) is 4.79 Å². The van der Waals surface area contributed by atoms with Crippen LogP contribution in [-0.4, -0.2) is 23.0 Å². The fourth-order valence-corrected chi connectivity index (χ4v) is 3.81. The molecule has 4 nitrogen and oxygen atoms in total. The molecule has 24 heavy (non-hydrogen) atoms. The first-order valence-electron chi connectivity index (χ1n) is 6.70. The van der Waals surface area contributed by atoms with Gasteiger partial charge in [-0.05, 0) is 35.9 Å². The van der Waals surface area contributed by atoms with Crippen molar-refractivity contribution in [1.29, 1.82) is 0 Å². The lowest BCUT2D eigenvalue weighted by Crippen LogP contribution is -2.42. The summed E-state index contributed by atoms with van der Waals surface area (Å²) in [5.74, 6) is -1.64. The standard InChI is InChI=1S/C16H11Br2Cl2NO3/c17-10-3-9(4-11(18)6-10)15(22)21-14(16(23)24)5-8-1-2-12(19)7-13(8)20/h1-4,6-7,14H,5H2,(H,21,22)(H,23,24)/t14-/m1/s1. The number of nitrogens with one attached hydrogen (secondary N) is 1. The molecule has 2 rings (SSSR count). The van der Waals surface area contributed by atoms with Gasteiger partial charge in [-0.2, -0.15) is 0 Å². The highest BCUT2D eigenvalue weighted by molar-refractivity contribution is 9.11. The van der Waals surface area contributed by atoms with E-state index in [1.807, 2.05) is 0 Å². The summed E-state index contributed by atoms with van der Waals surface area (Å²) in [4.78, 5) is 23.8. The third-order valence-corrected chi connectivity index (χ3v) is 4.67. The van der Waals surface area contributed by atoms with Crippen molar-refractivity contribution in [1.82, 2.24) is 5.32 Å². The van der Waals surface area contributed by atoms with E-state index < -0.39 is 17.9 Å². The number of carboxylic acids is 1. The zero-order valence-corrected chi connectivity index (χ0v) is 16.7. The quantitative estimate of drug-likeness (QED) is 0.617. The predicted molar refractivity (Wildman–Crippen MR) is 101 cm³/mol. The average molecular weight is 496 g/mol. The fourth-order valence-electron chi connectivity index (χ4n) is 2.03. The third kappa shape index (κ3) is 5.21. The number of carbonyl (C=O) groups excluding carboxylic acids is 1. The molecule has 2 aromatic rings. The van der Waals surface area contributed by atoms with Crippen LogP contribution in [0.15, 0.2) is 45.3 Å². The summed E-state index contributed by atoms with van der Waals surface area (Å²) in [6.45, 7) is 0. The first kappa shape index (κ1) is 19.2. The number of benzene rings is 2. The van der Waals surface area contributed by atoms with Crippen molar-refractivity contribution < 1.29 is 14.7 Å². The molecule has 0 spiro atoms. The molecular weight excluding hydrogens is 485 g/mol. The third-order valence-electron chi connectivity index (χ3n) is 3.17. The molecule has 0 radical (unpaired) electrons. The second-order valence-corrected chi connectivity index (χ2v) is 7.64. The van der Waals surface area contributed by atoms with Gasteiger partial charge in [0.1, 0.15) is 6.04 Å². The van der Waals surface area contributed by atoms with Crippen LogP contribution in [0.2, 0.25) is 10.0 Å². The van der Waals surface area contributed by atoms with Crippen LogP contribution in [0.4, 0.5) is 0 Å². The summed E-state index contributed by atoms with van der Waals surface area (Å²) in [5.41, 5.74) is 0.925. The average Bonchev–Trinajstić information content (AvgIpc) is 2.47. The Hall–Kier alpha value is -1.08. The highest BCUT2D eigenvalue weighted by atomic mass is 79.9. The SMILES string of the molecule is O=C(N[C@H](Cc1ccc(Cl)cc1Cl)C(=O)O)c1cc(Br)cc(Br)c1. The Bertz CT molecular complexity index is 779. The van der Waals surface area contributed by atoms with Crippen LogP contribution in [0, 0.1) is 0 Å². The van der Waals surface area contributed by atoms with E-state index in [2.05, 4.69) is 37.2 Å². The van der Waals surface area contributed by atoms with Crippen LogP contribution in [0.3, 0.4) is 0 Å². The minimum atomic E-state index is -1.15. The van der Waals surface area contributed by atoms with Gasteiger partial charge in [-0.1, -0.05) is 61.1 Å². The Labute approximate surface area is 165 Å². The van der Waals surface area contributed by atoms with Gasteiger partial charge in [0.25, 0.3) is 5.91 Å². The maximum absolute atomic E-state index is 12.3. The monoisotopic (exact) mass is 493 g/mol. The molecule has 1 atom stereocenters. The van der Waals surface area contributed by atoms with E-state index in [0.29, 0.717) is 30.1 Å². The van der Waals surface area contributed by atoms with Crippen LogP contribution < -0.4 is 5.32 Å². The van der Waals surface area contributed by atoms with Crippen molar-refractivity contribution in [2.45, 2.75) is 12.5 Å². The fraction of sp³-hybridized carbons (Fsp3) is 0.125. The number of amides is 1. The van der Waals surface area contributed by atoms with Crippen LogP contribution in [-0.2, 0) is 11.2 Å². The first-order valence-corrected chi connectivity index (χ1v) is 9.04. The van der Waals surface area contributed by atoms with E-state index >= 15 is 0 Å². The molecule has 0 saturated heterocycles. The summed E-state index contributed by atoms with van der Waals surface area (Å²) in [7, 11) is 0. The molecular formula is C16H11Br2Cl2NO3. The van der Waals surface area contributed by atoms with E-state index in [-0.39, 0.29) is 6.42 Å². The van der Waals surface area contributed by atoms with Crippen molar-refractivity contribution in [3.05, 3.63) is 66.5 Å². The molecule has 1 amide bonds. The summed E-state index contributed by atoms with van der Waals surface area (Å²) in [5, 5.41) is 12.7. The molecule has 0 unspecified atom stereocenters. The number of carboxylic acid groups (broad SMARTS) is 1. The molecule has 0 saturated carbocycles. The first-order chi connectivity index (χ1) is 11.3. The molecule has 8 heteroatoms. The van der Waals surface area contributed by atoms with Crippen LogP contribution in [0.5, 0.6) is 0 Å². The Kier molecular flexibility index (Phi) is 6.69. The predicted octanol–water partition coefficient (Wildman–Crippen LogP) is 4.94. The maximum atomic E-state index is 12.3. The second kappa shape index (κ2) is 8.34. The van der Waals surface area contributed by atoms with Gasteiger partial charge in [0.15, 0.2) is 0 Å². The van der Waals surface area contributed by atoms with E-state index in [9.17, 15) is 14.7 Å². The number of hydrogen-bond donors (Lipinski definition) is 2. The lowest BCUT2D eigenvalue weighted by atomic mass is 10.1. The molecule has 2 N–H and O–H groups in total. The van der Waals surface area contributed by atoms with Gasteiger partial charge < -0.3 is 10.4 Å². The zero-order chi connectivity index (χ0) is 17.9. The zero-order valence-electron chi connectivity index (χ0n) is 12.0. The molecule has 2 aromatic carbocycles. The highest BCUT2D eigenvalue weighted by Crippen LogP contribution is 2.23. The van der Waals surface area contributed by atoms with Gasteiger partial charge in [-0.3, -0.25) is 4.79 Å². The Morgan fingerprint density at radius 1 is 1.08 bits per heavy atom. The topological polar surface area (TPSA) is 66.4 Å². The minimum absolute atomic E-state index is 0.0479. The lowest BCUT2D eigenvalue weighted by Gasteiger charge is -2.16.